The Labute approximate surface area is 169 Å². The van der Waals surface area contributed by atoms with Gasteiger partial charge < -0.3 is 4.90 Å². The van der Waals surface area contributed by atoms with E-state index in [1.165, 1.54) is 6.42 Å². The van der Waals surface area contributed by atoms with Crippen LogP contribution in [0, 0.1) is 0 Å². The third kappa shape index (κ3) is 3.29. The van der Waals surface area contributed by atoms with Crippen LogP contribution in [0.5, 0.6) is 0 Å². The van der Waals surface area contributed by atoms with Crippen LogP contribution in [0.2, 0.25) is 0 Å². The number of amides is 1. The first-order valence-corrected chi connectivity index (χ1v) is 10.1. The number of hydrogen-bond donors (Lipinski definition) is 0. The van der Waals surface area contributed by atoms with Crippen LogP contribution in [-0.2, 0) is 0 Å². The quantitative estimate of drug-likeness (QED) is 0.516. The van der Waals surface area contributed by atoms with Crippen molar-refractivity contribution < 1.29 is 4.79 Å². The summed E-state index contributed by atoms with van der Waals surface area (Å²) in [7, 11) is 0. The van der Waals surface area contributed by atoms with Crippen LogP contribution >= 0.6 is 0 Å². The molecule has 1 fully saturated rings. The van der Waals surface area contributed by atoms with Crippen molar-refractivity contribution in [3.63, 3.8) is 0 Å². The van der Waals surface area contributed by atoms with E-state index >= 15 is 0 Å². The summed E-state index contributed by atoms with van der Waals surface area (Å²) < 4.78 is 1.79. The molecule has 0 atom stereocenters. The van der Waals surface area contributed by atoms with Gasteiger partial charge in [-0.15, -0.1) is 0 Å². The van der Waals surface area contributed by atoms with Gasteiger partial charge in [0.1, 0.15) is 5.56 Å². The molecule has 0 spiro atoms. The Balaban J connectivity index is 1.70. The van der Waals surface area contributed by atoms with Crippen LogP contribution < -0.4 is 0 Å². The third-order valence-electron chi connectivity index (χ3n) is 5.48. The summed E-state index contributed by atoms with van der Waals surface area (Å²) in [4.78, 5) is 20.0. The summed E-state index contributed by atoms with van der Waals surface area (Å²) in [6, 6.07) is 22.2. The van der Waals surface area contributed by atoms with Crippen molar-refractivity contribution in [1.29, 1.82) is 0 Å². The van der Waals surface area contributed by atoms with Crippen molar-refractivity contribution in [3.8, 4) is 22.5 Å². The Morgan fingerprint density at radius 2 is 1.48 bits per heavy atom. The molecule has 5 heteroatoms. The largest absolute Gasteiger partial charge is 0.338 e. The standard InChI is InChI=1S/C24H22N4O/c29-24(27-14-8-3-9-15-27)20-17-25-28-22(19-12-6-2-7-13-19)16-21(26-23(20)28)18-10-4-1-5-11-18/h1-2,4-7,10-13,16-17H,3,8-9,14-15H2. The molecule has 5 rings (SSSR count). The number of piperidine rings is 1. The third-order valence-corrected chi connectivity index (χ3v) is 5.48. The maximum absolute atomic E-state index is 13.2. The molecule has 1 aliphatic heterocycles. The summed E-state index contributed by atoms with van der Waals surface area (Å²) in [5.74, 6) is 0.0245. The highest BCUT2D eigenvalue weighted by Gasteiger charge is 2.24. The van der Waals surface area contributed by atoms with Gasteiger partial charge in [0.05, 0.1) is 17.6 Å². The van der Waals surface area contributed by atoms with Crippen LogP contribution in [0.25, 0.3) is 28.2 Å². The first-order chi connectivity index (χ1) is 14.3. The fourth-order valence-corrected chi connectivity index (χ4v) is 3.95. The molecule has 0 N–H and O–H groups in total. The Kier molecular flexibility index (Phi) is 4.56. The van der Waals surface area contributed by atoms with Gasteiger partial charge in [-0.05, 0) is 25.3 Å². The molecule has 3 heterocycles. The highest BCUT2D eigenvalue weighted by molar-refractivity contribution is 6.00. The first kappa shape index (κ1) is 17.6. The lowest BCUT2D eigenvalue weighted by molar-refractivity contribution is 0.0726. The minimum absolute atomic E-state index is 0.0245. The number of likely N-dealkylation sites (tertiary alicyclic amines) is 1. The van der Waals surface area contributed by atoms with Crippen LogP contribution in [0.3, 0.4) is 0 Å². The van der Waals surface area contributed by atoms with Crippen LogP contribution in [0.1, 0.15) is 29.6 Å². The summed E-state index contributed by atoms with van der Waals surface area (Å²) in [5, 5.41) is 4.55. The summed E-state index contributed by atoms with van der Waals surface area (Å²) in [6.45, 7) is 1.61. The highest BCUT2D eigenvalue weighted by atomic mass is 16.2. The van der Waals surface area contributed by atoms with Crippen LogP contribution in [-0.4, -0.2) is 38.5 Å². The molecule has 5 nitrogen and oxygen atoms in total. The molecule has 1 saturated heterocycles. The van der Waals surface area contributed by atoms with E-state index in [1.807, 2.05) is 59.5 Å². The van der Waals surface area contributed by atoms with E-state index in [9.17, 15) is 4.79 Å². The number of benzene rings is 2. The molecule has 0 aliphatic carbocycles. The van der Waals surface area contributed by atoms with E-state index in [-0.39, 0.29) is 5.91 Å². The number of hydrogen-bond acceptors (Lipinski definition) is 3. The van der Waals surface area contributed by atoms with Crippen molar-refractivity contribution in [2.45, 2.75) is 19.3 Å². The Bertz CT molecular complexity index is 1150. The molecule has 2 aromatic carbocycles. The SMILES string of the molecule is O=C(c1cnn2c(-c3ccccc3)cc(-c3ccccc3)nc12)N1CCCCC1. The van der Waals surface area contributed by atoms with Gasteiger partial charge in [0.25, 0.3) is 5.91 Å². The lowest BCUT2D eigenvalue weighted by Crippen LogP contribution is -2.35. The van der Waals surface area contributed by atoms with Gasteiger partial charge in [0.2, 0.25) is 0 Å². The van der Waals surface area contributed by atoms with Crippen molar-refractivity contribution in [3.05, 3.63) is 78.5 Å². The van der Waals surface area contributed by atoms with Gasteiger partial charge >= 0.3 is 0 Å². The molecule has 4 aromatic rings. The maximum atomic E-state index is 13.2. The number of nitrogens with zero attached hydrogens (tertiary/aromatic N) is 4. The Morgan fingerprint density at radius 3 is 2.17 bits per heavy atom. The summed E-state index contributed by atoms with van der Waals surface area (Å²) in [5.41, 5.74) is 5.00. The molecular weight excluding hydrogens is 360 g/mol. The fraction of sp³-hybridized carbons (Fsp3) is 0.208. The minimum atomic E-state index is 0.0245. The molecular formula is C24H22N4O. The number of carbonyl (C=O) groups excluding carboxylic acids is 1. The fourth-order valence-electron chi connectivity index (χ4n) is 3.95. The zero-order chi connectivity index (χ0) is 19.6. The monoisotopic (exact) mass is 382 g/mol. The average Bonchev–Trinajstić information content (AvgIpc) is 3.24. The highest BCUT2D eigenvalue weighted by Crippen LogP contribution is 2.28. The summed E-state index contributed by atoms with van der Waals surface area (Å²) in [6.07, 6.45) is 4.97. The van der Waals surface area contributed by atoms with Crippen LogP contribution in [0.15, 0.2) is 72.9 Å². The predicted octanol–water partition coefficient (Wildman–Crippen LogP) is 4.69. The Hall–Kier alpha value is -3.47. The van der Waals surface area contributed by atoms with Gasteiger partial charge in [-0.3, -0.25) is 4.79 Å². The zero-order valence-electron chi connectivity index (χ0n) is 16.2. The van der Waals surface area contributed by atoms with Gasteiger partial charge in [0, 0.05) is 24.2 Å². The number of rotatable bonds is 3. The lowest BCUT2D eigenvalue weighted by Gasteiger charge is -2.26. The minimum Gasteiger partial charge on any atom is -0.338 e. The van der Waals surface area contributed by atoms with Gasteiger partial charge in [0.15, 0.2) is 5.65 Å². The summed E-state index contributed by atoms with van der Waals surface area (Å²) >= 11 is 0. The second-order valence-corrected chi connectivity index (χ2v) is 7.41. The predicted molar refractivity (Wildman–Crippen MR) is 114 cm³/mol. The van der Waals surface area contributed by atoms with Crippen molar-refractivity contribution in [2.24, 2.45) is 0 Å². The van der Waals surface area contributed by atoms with E-state index in [0.29, 0.717) is 11.2 Å². The van der Waals surface area contributed by atoms with Crippen molar-refractivity contribution >= 4 is 11.6 Å². The van der Waals surface area contributed by atoms with Crippen LogP contribution in [0.4, 0.5) is 0 Å². The number of fused-ring (bicyclic) bond motifs is 1. The van der Waals surface area contributed by atoms with E-state index in [2.05, 4.69) is 17.2 Å². The second kappa shape index (κ2) is 7.51. The molecule has 0 bridgehead atoms. The van der Waals surface area contributed by atoms with E-state index < -0.39 is 0 Å². The molecule has 0 unspecified atom stereocenters. The normalized spacial score (nSPS) is 14.3. The van der Waals surface area contributed by atoms with E-state index in [1.54, 1.807) is 10.7 Å². The Morgan fingerprint density at radius 1 is 0.828 bits per heavy atom. The van der Waals surface area contributed by atoms with Gasteiger partial charge in [-0.2, -0.15) is 5.10 Å². The van der Waals surface area contributed by atoms with E-state index in [0.717, 1.165) is 48.4 Å². The lowest BCUT2D eigenvalue weighted by atomic mass is 10.1. The molecule has 1 amide bonds. The van der Waals surface area contributed by atoms with Gasteiger partial charge in [-0.1, -0.05) is 60.7 Å². The molecule has 144 valence electrons. The molecule has 1 aliphatic rings. The smallest absolute Gasteiger partial charge is 0.259 e. The first-order valence-electron chi connectivity index (χ1n) is 10.1. The number of aromatic nitrogens is 3. The number of carbonyl (C=O) groups is 1. The van der Waals surface area contributed by atoms with Crippen molar-refractivity contribution in [2.75, 3.05) is 13.1 Å². The average molecular weight is 382 g/mol. The van der Waals surface area contributed by atoms with Gasteiger partial charge in [-0.25, -0.2) is 9.50 Å². The zero-order valence-corrected chi connectivity index (χ0v) is 16.2. The molecule has 0 radical (unpaired) electrons. The molecule has 0 saturated carbocycles. The topological polar surface area (TPSA) is 50.5 Å². The van der Waals surface area contributed by atoms with E-state index in [4.69, 9.17) is 4.98 Å². The second-order valence-electron chi connectivity index (χ2n) is 7.41. The van der Waals surface area contributed by atoms with Crippen molar-refractivity contribution in [1.82, 2.24) is 19.5 Å². The molecule has 2 aromatic heterocycles. The maximum Gasteiger partial charge on any atom is 0.259 e. The molecule has 29 heavy (non-hydrogen) atoms.